The molecule has 0 aliphatic carbocycles. The summed E-state index contributed by atoms with van der Waals surface area (Å²) in [6.45, 7) is 1.03. The number of anilines is 1. The summed E-state index contributed by atoms with van der Waals surface area (Å²) in [5.74, 6) is 0.0954. The van der Waals surface area contributed by atoms with E-state index in [0.29, 0.717) is 6.42 Å². The zero-order valence-corrected chi connectivity index (χ0v) is 10.3. The molecule has 0 radical (unpaired) electrons. The molecule has 0 atom stereocenters. The SMILES string of the molecule is CCC(CO)(CO)Nc1ncc([N+](=O)[O-])cc1C#N. The molecular formula is C11H14N4O4. The number of hydrogen-bond acceptors (Lipinski definition) is 7. The molecule has 19 heavy (non-hydrogen) atoms. The van der Waals surface area contributed by atoms with Gasteiger partial charge in [0.25, 0.3) is 5.69 Å². The van der Waals surface area contributed by atoms with Gasteiger partial charge in [-0.2, -0.15) is 5.26 Å². The maximum Gasteiger partial charge on any atom is 0.289 e. The van der Waals surface area contributed by atoms with Crippen LogP contribution in [0.1, 0.15) is 18.9 Å². The molecule has 0 amide bonds. The van der Waals surface area contributed by atoms with Crippen LogP contribution >= 0.6 is 0 Å². The van der Waals surface area contributed by atoms with Crippen LogP contribution in [0, 0.1) is 21.4 Å². The van der Waals surface area contributed by atoms with Gasteiger partial charge in [0.15, 0.2) is 0 Å². The number of aliphatic hydroxyl groups excluding tert-OH is 2. The first kappa shape index (κ1) is 14.8. The number of nitrogens with zero attached hydrogens (tertiary/aromatic N) is 3. The predicted molar refractivity (Wildman–Crippen MR) is 66.4 cm³/mol. The molecule has 8 heteroatoms. The van der Waals surface area contributed by atoms with Crippen LogP contribution in [-0.4, -0.2) is 38.9 Å². The molecule has 0 aliphatic rings. The fourth-order valence-electron chi connectivity index (χ4n) is 1.43. The third-order valence-corrected chi connectivity index (χ3v) is 2.87. The Morgan fingerprint density at radius 3 is 2.63 bits per heavy atom. The van der Waals surface area contributed by atoms with E-state index in [1.54, 1.807) is 13.0 Å². The summed E-state index contributed by atoms with van der Waals surface area (Å²) in [4.78, 5) is 13.7. The van der Waals surface area contributed by atoms with Crippen LogP contribution in [0.25, 0.3) is 0 Å². The molecule has 0 fully saturated rings. The molecule has 1 aromatic heterocycles. The van der Waals surface area contributed by atoms with E-state index >= 15 is 0 Å². The molecule has 0 aromatic carbocycles. The maximum absolute atomic E-state index is 10.6. The molecular weight excluding hydrogens is 252 g/mol. The highest BCUT2D eigenvalue weighted by Crippen LogP contribution is 2.22. The largest absolute Gasteiger partial charge is 0.394 e. The Balaban J connectivity index is 3.15. The highest BCUT2D eigenvalue weighted by molar-refractivity contribution is 5.56. The van der Waals surface area contributed by atoms with E-state index in [9.17, 15) is 20.3 Å². The number of pyridine rings is 1. The van der Waals surface area contributed by atoms with E-state index < -0.39 is 10.5 Å². The quantitative estimate of drug-likeness (QED) is 0.501. The lowest BCUT2D eigenvalue weighted by Crippen LogP contribution is -2.45. The monoisotopic (exact) mass is 266 g/mol. The Morgan fingerprint density at radius 2 is 2.21 bits per heavy atom. The first-order valence-corrected chi connectivity index (χ1v) is 5.56. The Morgan fingerprint density at radius 1 is 1.58 bits per heavy atom. The molecule has 0 saturated carbocycles. The summed E-state index contributed by atoms with van der Waals surface area (Å²) in [7, 11) is 0. The van der Waals surface area contributed by atoms with Crippen molar-refractivity contribution in [2.45, 2.75) is 18.9 Å². The van der Waals surface area contributed by atoms with Gasteiger partial charge >= 0.3 is 0 Å². The van der Waals surface area contributed by atoms with Gasteiger partial charge in [-0.3, -0.25) is 10.1 Å². The van der Waals surface area contributed by atoms with Crippen molar-refractivity contribution in [3.63, 3.8) is 0 Å². The Kier molecular flexibility index (Phi) is 4.74. The van der Waals surface area contributed by atoms with E-state index in [-0.39, 0.29) is 30.3 Å². The minimum absolute atomic E-state index is 0.0195. The highest BCUT2D eigenvalue weighted by Gasteiger charge is 2.28. The molecule has 0 unspecified atom stereocenters. The van der Waals surface area contributed by atoms with Gasteiger partial charge in [-0.1, -0.05) is 6.92 Å². The molecule has 3 N–H and O–H groups in total. The second-order valence-corrected chi connectivity index (χ2v) is 4.03. The molecule has 0 saturated heterocycles. The van der Waals surface area contributed by atoms with Gasteiger partial charge in [0, 0.05) is 6.07 Å². The van der Waals surface area contributed by atoms with E-state index in [4.69, 9.17) is 5.26 Å². The minimum atomic E-state index is -1.02. The average Bonchev–Trinajstić information content (AvgIpc) is 2.44. The van der Waals surface area contributed by atoms with Gasteiger partial charge in [-0.15, -0.1) is 0 Å². The molecule has 1 heterocycles. The number of aliphatic hydroxyl groups is 2. The molecule has 0 bridgehead atoms. The number of nitriles is 1. The number of hydrogen-bond donors (Lipinski definition) is 3. The summed E-state index contributed by atoms with van der Waals surface area (Å²) in [5.41, 5.74) is -1.33. The van der Waals surface area contributed by atoms with Crippen LogP contribution in [0.15, 0.2) is 12.3 Å². The van der Waals surface area contributed by atoms with E-state index in [1.165, 1.54) is 0 Å². The van der Waals surface area contributed by atoms with Crippen LogP contribution in [0.4, 0.5) is 11.5 Å². The normalized spacial score (nSPS) is 10.8. The van der Waals surface area contributed by atoms with Crippen LogP contribution in [0.5, 0.6) is 0 Å². The van der Waals surface area contributed by atoms with E-state index in [0.717, 1.165) is 12.3 Å². The van der Waals surface area contributed by atoms with Crippen molar-refractivity contribution in [3.8, 4) is 6.07 Å². The van der Waals surface area contributed by atoms with E-state index in [2.05, 4.69) is 10.3 Å². The second-order valence-electron chi connectivity index (χ2n) is 4.03. The third-order valence-electron chi connectivity index (χ3n) is 2.87. The van der Waals surface area contributed by atoms with Crippen LogP contribution in [0.3, 0.4) is 0 Å². The summed E-state index contributed by atoms with van der Waals surface area (Å²) >= 11 is 0. The molecule has 0 spiro atoms. The van der Waals surface area contributed by atoms with Gasteiger partial charge < -0.3 is 15.5 Å². The van der Waals surface area contributed by atoms with Crippen molar-refractivity contribution >= 4 is 11.5 Å². The first-order valence-electron chi connectivity index (χ1n) is 5.56. The highest BCUT2D eigenvalue weighted by atomic mass is 16.6. The molecule has 1 aromatic rings. The van der Waals surface area contributed by atoms with Crippen LogP contribution in [0.2, 0.25) is 0 Å². The number of nitrogens with one attached hydrogen (secondary N) is 1. The fourth-order valence-corrected chi connectivity index (χ4v) is 1.43. The van der Waals surface area contributed by atoms with Crippen molar-refractivity contribution in [3.05, 3.63) is 27.9 Å². The molecule has 8 nitrogen and oxygen atoms in total. The van der Waals surface area contributed by atoms with Crippen LogP contribution in [-0.2, 0) is 0 Å². The topological polar surface area (TPSA) is 132 Å². The molecule has 1 rings (SSSR count). The average molecular weight is 266 g/mol. The van der Waals surface area contributed by atoms with Crippen molar-refractivity contribution in [1.29, 1.82) is 5.26 Å². The van der Waals surface area contributed by atoms with Gasteiger partial charge in [0.05, 0.1) is 23.7 Å². The van der Waals surface area contributed by atoms with Crippen molar-refractivity contribution in [2.75, 3.05) is 18.5 Å². The summed E-state index contributed by atoms with van der Waals surface area (Å²) in [6.07, 6.45) is 1.40. The van der Waals surface area contributed by atoms with Crippen LogP contribution < -0.4 is 5.32 Å². The zero-order valence-electron chi connectivity index (χ0n) is 10.3. The Labute approximate surface area is 109 Å². The number of rotatable bonds is 6. The standard InChI is InChI=1S/C11H14N4O4/c1-2-11(6-16,7-17)14-10-8(4-12)3-9(5-13-10)15(18)19/h3,5,16-17H,2,6-7H2,1H3,(H,13,14). The van der Waals surface area contributed by atoms with Gasteiger partial charge in [-0.05, 0) is 6.42 Å². The lowest BCUT2D eigenvalue weighted by Gasteiger charge is -2.30. The second kappa shape index (κ2) is 6.08. The Bertz CT molecular complexity index is 500. The van der Waals surface area contributed by atoms with Crippen molar-refractivity contribution in [1.82, 2.24) is 4.98 Å². The zero-order chi connectivity index (χ0) is 14.5. The lowest BCUT2D eigenvalue weighted by molar-refractivity contribution is -0.385. The summed E-state index contributed by atoms with van der Waals surface area (Å²) in [6, 6.07) is 2.88. The number of nitro groups is 1. The smallest absolute Gasteiger partial charge is 0.289 e. The van der Waals surface area contributed by atoms with Gasteiger partial charge in [0.1, 0.15) is 23.6 Å². The van der Waals surface area contributed by atoms with Gasteiger partial charge in [0.2, 0.25) is 0 Å². The van der Waals surface area contributed by atoms with Gasteiger partial charge in [-0.25, -0.2) is 4.98 Å². The maximum atomic E-state index is 10.6. The Hall–Kier alpha value is -2.24. The molecule has 0 aliphatic heterocycles. The lowest BCUT2D eigenvalue weighted by atomic mass is 9.98. The summed E-state index contributed by atoms with van der Waals surface area (Å²) < 4.78 is 0. The minimum Gasteiger partial charge on any atom is -0.394 e. The number of aromatic nitrogens is 1. The molecule has 102 valence electrons. The van der Waals surface area contributed by atoms with E-state index in [1.807, 2.05) is 0 Å². The van der Waals surface area contributed by atoms with Crippen molar-refractivity contribution in [2.24, 2.45) is 0 Å². The van der Waals surface area contributed by atoms with Crippen molar-refractivity contribution < 1.29 is 15.1 Å². The third kappa shape index (κ3) is 3.15. The summed E-state index contributed by atoms with van der Waals surface area (Å²) in [5, 5.41) is 40.9. The fraction of sp³-hybridized carbons (Fsp3) is 0.455. The first-order chi connectivity index (χ1) is 9.01. The predicted octanol–water partition coefficient (Wildman–Crippen LogP) is 0.407.